The van der Waals surface area contributed by atoms with Gasteiger partial charge >= 0.3 is 0 Å². The summed E-state index contributed by atoms with van der Waals surface area (Å²) in [6, 6.07) is -0.443. The predicted octanol–water partition coefficient (Wildman–Crippen LogP) is 2.11. The van der Waals surface area contributed by atoms with Gasteiger partial charge in [-0.05, 0) is 13.8 Å². The molecule has 12 heavy (non-hydrogen) atoms. The number of hydrogen-bond acceptors (Lipinski definition) is 4. The monoisotopic (exact) mass is 170 g/mol. The molecule has 0 aromatic rings. The van der Waals surface area contributed by atoms with Crippen molar-refractivity contribution in [1.82, 2.24) is 0 Å². The number of nitrogens with zero attached hydrogens (tertiary/aromatic N) is 2. The molecule has 0 radical (unpaired) electrons. The van der Waals surface area contributed by atoms with E-state index in [4.69, 9.17) is 0 Å². The van der Waals surface area contributed by atoms with E-state index in [1.54, 1.807) is 6.92 Å². The number of nitroso groups, excluding NO2 is 1. The van der Waals surface area contributed by atoms with Crippen LogP contribution in [-0.4, -0.2) is 18.9 Å². The molecule has 4 heteroatoms. The number of rotatable bonds is 5. The van der Waals surface area contributed by atoms with E-state index in [2.05, 4.69) is 21.7 Å². The molecule has 0 spiro atoms. The first kappa shape index (κ1) is 10.8. The minimum Gasteiger partial charge on any atom is -0.399 e. The van der Waals surface area contributed by atoms with E-state index >= 15 is 0 Å². The fraction of sp³-hybridized carbons (Fsp3) is 0.625. The molecule has 0 rings (SSSR count). The second-order valence-corrected chi connectivity index (χ2v) is 2.68. The van der Waals surface area contributed by atoms with Crippen LogP contribution in [0.1, 0.15) is 20.3 Å². The fourth-order valence-electron chi connectivity index (χ4n) is 0.744. The van der Waals surface area contributed by atoms with Gasteiger partial charge in [0.1, 0.15) is 13.2 Å². The summed E-state index contributed by atoms with van der Waals surface area (Å²) in [4.78, 5) is 14.8. The Balaban J connectivity index is 4.32. The molecule has 0 aliphatic rings. The van der Waals surface area contributed by atoms with Gasteiger partial charge in [0.15, 0.2) is 0 Å². The molecular formula is C8H14N2O2. The van der Waals surface area contributed by atoms with Crippen LogP contribution in [0.3, 0.4) is 0 Å². The zero-order valence-corrected chi connectivity index (χ0v) is 7.70. The highest BCUT2D eigenvalue weighted by atomic mass is 16.6. The molecular weight excluding hydrogens is 156 g/mol. The highest BCUT2D eigenvalue weighted by molar-refractivity contribution is 5.90. The number of oxime groups is 1. The summed E-state index contributed by atoms with van der Waals surface area (Å²) in [6.07, 6.45) is 0.556. The fourth-order valence-corrected chi connectivity index (χ4v) is 0.744. The van der Waals surface area contributed by atoms with E-state index < -0.39 is 6.04 Å². The average Bonchev–Trinajstić information content (AvgIpc) is 2.01. The van der Waals surface area contributed by atoms with Gasteiger partial charge in [-0.2, -0.15) is 4.91 Å². The van der Waals surface area contributed by atoms with Crippen LogP contribution < -0.4 is 0 Å². The Labute approximate surface area is 72.3 Å². The lowest BCUT2D eigenvalue weighted by atomic mass is 10.1. The van der Waals surface area contributed by atoms with Crippen LogP contribution in [0.2, 0.25) is 0 Å². The van der Waals surface area contributed by atoms with E-state index in [9.17, 15) is 4.91 Å². The van der Waals surface area contributed by atoms with Crippen LogP contribution in [0.15, 0.2) is 22.5 Å². The molecule has 0 saturated heterocycles. The van der Waals surface area contributed by atoms with Gasteiger partial charge in [-0.25, -0.2) is 0 Å². The van der Waals surface area contributed by atoms with Gasteiger partial charge in [-0.15, -0.1) is 0 Å². The molecule has 68 valence electrons. The topological polar surface area (TPSA) is 51.0 Å². The molecule has 1 atom stereocenters. The average molecular weight is 170 g/mol. The number of hydrogen-bond donors (Lipinski definition) is 0. The molecule has 0 heterocycles. The zero-order chi connectivity index (χ0) is 9.56. The van der Waals surface area contributed by atoms with E-state index in [1.165, 1.54) is 7.11 Å². The lowest BCUT2D eigenvalue weighted by molar-refractivity contribution is 0.211. The standard InChI is InChI=1S/C8H14N2O2/c1-6(2)5-8(10-12-4)7(3)9-11/h7H,1,5H2,2-4H3. The number of allylic oxidation sites excluding steroid dienone is 1. The molecule has 0 amide bonds. The second-order valence-electron chi connectivity index (χ2n) is 2.68. The van der Waals surface area contributed by atoms with Crippen molar-refractivity contribution in [3.8, 4) is 0 Å². The van der Waals surface area contributed by atoms with Crippen molar-refractivity contribution in [3.05, 3.63) is 17.1 Å². The van der Waals surface area contributed by atoms with Gasteiger partial charge in [0, 0.05) is 6.42 Å². The molecule has 0 aliphatic carbocycles. The Kier molecular flexibility index (Phi) is 4.92. The van der Waals surface area contributed by atoms with Crippen LogP contribution in [0.25, 0.3) is 0 Å². The Morgan fingerprint density at radius 3 is 2.58 bits per heavy atom. The first-order chi connectivity index (χ1) is 5.61. The lowest BCUT2D eigenvalue weighted by Gasteiger charge is -2.05. The molecule has 0 aromatic carbocycles. The van der Waals surface area contributed by atoms with Crippen LogP contribution in [0.4, 0.5) is 0 Å². The molecule has 0 aliphatic heterocycles. The molecule has 4 nitrogen and oxygen atoms in total. The Morgan fingerprint density at radius 2 is 2.25 bits per heavy atom. The van der Waals surface area contributed by atoms with Crippen LogP contribution >= 0.6 is 0 Å². The summed E-state index contributed by atoms with van der Waals surface area (Å²) >= 11 is 0. The second kappa shape index (κ2) is 5.46. The summed E-state index contributed by atoms with van der Waals surface area (Å²) < 4.78 is 0. The summed E-state index contributed by atoms with van der Waals surface area (Å²) in [5.41, 5.74) is 1.54. The SMILES string of the molecule is C=C(C)CC(=NOC)C(C)N=O. The molecule has 0 aromatic heterocycles. The van der Waals surface area contributed by atoms with E-state index in [1.807, 2.05) is 6.92 Å². The van der Waals surface area contributed by atoms with Crippen molar-refractivity contribution in [2.45, 2.75) is 26.3 Å². The third-order valence-corrected chi connectivity index (χ3v) is 1.33. The predicted molar refractivity (Wildman–Crippen MR) is 49.1 cm³/mol. The largest absolute Gasteiger partial charge is 0.399 e. The van der Waals surface area contributed by atoms with Gasteiger partial charge in [0.05, 0.1) is 5.71 Å². The third kappa shape index (κ3) is 3.85. The van der Waals surface area contributed by atoms with Crippen molar-refractivity contribution < 1.29 is 4.84 Å². The van der Waals surface area contributed by atoms with Gasteiger partial charge in [0.2, 0.25) is 0 Å². The zero-order valence-electron chi connectivity index (χ0n) is 7.70. The van der Waals surface area contributed by atoms with Crippen LogP contribution in [-0.2, 0) is 4.84 Å². The van der Waals surface area contributed by atoms with Gasteiger partial charge in [-0.3, -0.25) is 0 Å². The first-order valence-electron chi connectivity index (χ1n) is 3.68. The minimum atomic E-state index is -0.443. The van der Waals surface area contributed by atoms with Crippen molar-refractivity contribution >= 4 is 5.71 Å². The van der Waals surface area contributed by atoms with Gasteiger partial charge < -0.3 is 4.84 Å². The molecule has 1 unspecified atom stereocenters. The maximum absolute atomic E-state index is 10.2. The first-order valence-corrected chi connectivity index (χ1v) is 3.68. The van der Waals surface area contributed by atoms with Crippen LogP contribution in [0, 0.1) is 4.91 Å². The van der Waals surface area contributed by atoms with E-state index in [0.717, 1.165) is 5.57 Å². The van der Waals surface area contributed by atoms with Crippen molar-refractivity contribution in [2.75, 3.05) is 7.11 Å². The highest BCUT2D eigenvalue weighted by Crippen LogP contribution is 2.05. The normalized spacial score (nSPS) is 13.8. The Bertz CT molecular complexity index is 199. The summed E-state index contributed by atoms with van der Waals surface area (Å²) in [5, 5.41) is 6.56. The van der Waals surface area contributed by atoms with Gasteiger partial charge in [-0.1, -0.05) is 22.5 Å². The Hall–Kier alpha value is -1.19. The molecule has 0 N–H and O–H groups in total. The third-order valence-electron chi connectivity index (χ3n) is 1.33. The van der Waals surface area contributed by atoms with Crippen molar-refractivity contribution in [2.24, 2.45) is 10.3 Å². The maximum Gasteiger partial charge on any atom is 0.131 e. The van der Waals surface area contributed by atoms with E-state index in [0.29, 0.717) is 12.1 Å². The van der Waals surface area contributed by atoms with Crippen LogP contribution in [0.5, 0.6) is 0 Å². The van der Waals surface area contributed by atoms with Crippen molar-refractivity contribution in [3.63, 3.8) is 0 Å². The molecule has 0 fully saturated rings. The molecule has 0 saturated carbocycles. The summed E-state index contributed by atoms with van der Waals surface area (Å²) in [6.45, 7) is 7.25. The maximum atomic E-state index is 10.2. The Morgan fingerprint density at radius 1 is 1.67 bits per heavy atom. The highest BCUT2D eigenvalue weighted by Gasteiger charge is 2.11. The molecule has 0 bridgehead atoms. The van der Waals surface area contributed by atoms with Crippen molar-refractivity contribution in [1.29, 1.82) is 0 Å². The smallest absolute Gasteiger partial charge is 0.131 e. The van der Waals surface area contributed by atoms with Gasteiger partial charge in [0.25, 0.3) is 0 Å². The summed E-state index contributed by atoms with van der Waals surface area (Å²) in [5.74, 6) is 0. The quantitative estimate of drug-likeness (QED) is 0.274. The van der Waals surface area contributed by atoms with E-state index in [-0.39, 0.29) is 0 Å². The lowest BCUT2D eigenvalue weighted by Crippen LogP contribution is -2.14. The summed E-state index contributed by atoms with van der Waals surface area (Å²) in [7, 11) is 1.44. The minimum absolute atomic E-state index is 0.443.